The van der Waals surface area contributed by atoms with Crippen molar-refractivity contribution in [2.45, 2.75) is 26.1 Å². The van der Waals surface area contributed by atoms with Gasteiger partial charge >= 0.3 is 6.36 Å². The smallest absolute Gasteiger partial charge is 0.406 e. The molecule has 0 spiro atoms. The van der Waals surface area contributed by atoms with E-state index in [0.717, 1.165) is 5.52 Å². The molecule has 0 atom stereocenters. The van der Waals surface area contributed by atoms with Gasteiger partial charge in [-0.2, -0.15) is 0 Å². The summed E-state index contributed by atoms with van der Waals surface area (Å²) in [6.45, 7) is 1.86. The molecule has 2 N–H and O–H groups in total. The largest absolute Gasteiger partial charge is 0.573 e. The molecule has 0 fully saturated rings. The third kappa shape index (κ3) is 5.45. The van der Waals surface area contributed by atoms with E-state index >= 15 is 0 Å². The van der Waals surface area contributed by atoms with Gasteiger partial charge in [-0.3, -0.25) is 9.59 Å². The zero-order chi connectivity index (χ0) is 24.5. The molecule has 0 unspecified atom stereocenters. The molecule has 2 heterocycles. The summed E-state index contributed by atoms with van der Waals surface area (Å²) in [6, 6.07) is 9.19. The third-order valence-electron chi connectivity index (χ3n) is 4.97. The van der Waals surface area contributed by atoms with Gasteiger partial charge in [0.1, 0.15) is 5.75 Å². The van der Waals surface area contributed by atoms with Gasteiger partial charge in [0.15, 0.2) is 10.9 Å². The predicted octanol–water partition coefficient (Wildman–Crippen LogP) is 4.92. The van der Waals surface area contributed by atoms with Crippen molar-refractivity contribution in [3.8, 4) is 5.75 Å². The maximum atomic E-state index is 12.5. The molecule has 0 bridgehead atoms. The van der Waals surface area contributed by atoms with E-state index in [1.807, 2.05) is 0 Å². The standard InChI is InChI=1S/C22H20F3N5O3S/c1-12(31)26-9-3-4-18(32)13-5-8-17-16(10-13)27-20(30(17)2)29-21-28-15-7-6-14(11-19(15)34-21)33-22(23,24)25/h5-8,10-11H,3-4,9H2,1-2H3,(H,26,31)(H,27,28,29). The summed E-state index contributed by atoms with van der Waals surface area (Å²) in [7, 11) is 1.80. The summed E-state index contributed by atoms with van der Waals surface area (Å²) in [4.78, 5) is 32.3. The van der Waals surface area contributed by atoms with Gasteiger partial charge in [-0.1, -0.05) is 11.3 Å². The average Bonchev–Trinajstić information content (AvgIpc) is 3.29. The van der Waals surface area contributed by atoms with E-state index in [0.29, 0.717) is 51.8 Å². The molecule has 0 aliphatic carbocycles. The SMILES string of the molecule is CC(=O)NCCCC(=O)c1ccc2c(c1)nc(Nc1nc3ccc(OC(F)(F)F)cc3s1)n2C. The lowest BCUT2D eigenvalue weighted by atomic mass is 10.1. The molecule has 0 saturated heterocycles. The second-order valence-corrected chi connectivity index (χ2v) is 8.56. The van der Waals surface area contributed by atoms with E-state index in [1.165, 1.54) is 36.5 Å². The third-order valence-corrected chi connectivity index (χ3v) is 5.90. The van der Waals surface area contributed by atoms with Crippen molar-refractivity contribution in [2.75, 3.05) is 11.9 Å². The number of anilines is 2. The number of ketones is 1. The first kappa shape index (κ1) is 23.5. The van der Waals surface area contributed by atoms with Crippen molar-refractivity contribution in [2.24, 2.45) is 7.05 Å². The Balaban J connectivity index is 1.51. The van der Waals surface area contributed by atoms with E-state index < -0.39 is 6.36 Å². The highest BCUT2D eigenvalue weighted by Gasteiger charge is 2.31. The number of alkyl halides is 3. The Labute approximate surface area is 195 Å². The highest BCUT2D eigenvalue weighted by atomic mass is 32.1. The molecular formula is C22H20F3N5O3S. The Hall–Kier alpha value is -3.67. The minimum atomic E-state index is -4.77. The Kier molecular flexibility index (Phi) is 6.42. The summed E-state index contributed by atoms with van der Waals surface area (Å²) < 4.78 is 43.7. The number of halogens is 3. The molecule has 0 saturated carbocycles. The molecule has 8 nitrogen and oxygen atoms in total. The van der Waals surface area contributed by atoms with E-state index in [4.69, 9.17) is 0 Å². The maximum Gasteiger partial charge on any atom is 0.573 e. The van der Waals surface area contributed by atoms with Gasteiger partial charge < -0.3 is 19.9 Å². The second kappa shape index (κ2) is 9.29. The Bertz CT molecular complexity index is 1380. The molecule has 4 rings (SSSR count). The minimum Gasteiger partial charge on any atom is -0.406 e. The predicted molar refractivity (Wildman–Crippen MR) is 123 cm³/mol. The lowest BCUT2D eigenvalue weighted by Crippen LogP contribution is -2.21. The van der Waals surface area contributed by atoms with Crippen LogP contribution in [0.1, 0.15) is 30.1 Å². The number of aromatic nitrogens is 3. The number of amides is 1. The second-order valence-electron chi connectivity index (χ2n) is 7.53. The summed E-state index contributed by atoms with van der Waals surface area (Å²) in [5, 5.41) is 6.20. The number of carbonyl (C=O) groups excluding carboxylic acids is 2. The topological polar surface area (TPSA) is 98.1 Å². The number of carbonyl (C=O) groups is 2. The fraction of sp³-hybridized carbons (Fsp3) is 0.273. The number of hydrogen-bond acceptors (Lipinski definition) is 7. The number of Topliss-reactive ketones (excluding diaryl/α,β-unsaturated/α-hetero) is 1. The van der Waals surface area contributed by atoms with Gasteiger partial charge in [0.25, 0.3) is 0 Å². The average molecular weight is 491 g/mol. The molecule has 2 aromatic carbocycles. The lowest BCUT2D eigenvalue weighted by Gasteiger charge is -2.07. The number of aryl methyl sites for hydroxylation is 1. The highest BCUT2D eigenvalue weighted by molar-refractivity contribution is 7.22. The molecular weight excluding hydrogens is 471 g/mol. The van der Waals surface area contributed by atoms with Gasteiger partial charge in [-0.25, -0.2) is 9.97 Å². The number of hydrogen-bond donors (Lipinski definition) is 2. The summed E-state index contributed by atoms with van der Waals surface area (Å²) in [5.41, 5.74) is 2.45. The van der Waals surface area contributed by atoms with Crippen LogP contribution in [0.3, 0.4) is 0 Å². The van der Waals surface area contributed by atoms with E-state index in [9.17, 15) is 22.8 Å². The number of fused-ring (bicyclic) bond motifs is 2. The van der Waals surface area contributed by atoms with Gasteiger partial charge in [0, 0.05) is 38.6 Å². The first-order valence-electron chi connectivity index (χ1n) is 10.3. The van der Waals surface area contributed by atoms with Crippen molar-refractivity contribution < 1.29 is 27.5 Å². The molecule has 0 radical (unpaired) electrons. The number of ether oxygens (including phenoxy) is 1. The zero-order valence-electron chi connectivity index (χ0n) is 18.2. The first-order chi connectivity index (χ1) is 16.1. The summed E-state index contributed by atoms with van der Waals surface area (Å²) >= 11 is 1.17. The number of imidazole rings is 1. The number of thiazole rings is 1. The van der Waals surface area contributed by atoms with Crippen LogP contribution in [0.15, 0.2) is 36.4 Å². The molecule has 0 aliphatic rings. The van der Waals surface area contributed by atoms with Gasteiger partial charge in [-0.15, -0.1) is 13.2 Å². The van der Waals surface area contributed by atoms with Crippen molar-refractivity contribution in [1.29, 1.82) is 0 Å². The van der Waals surface area contributed by atoms with Crippen LogP contribution in [-0.4, -0.2) is 39.1 Å². The van der Waals surface area contributed by atoms with Crippen LogP contribution in [0.5, 0.6) is 5.75 Å². The molecule has 34 heavy (non-hydrogen) atoms. The van der Waals surface area contributed by atoms with Crippen molar-refractivity contribution in [3.05, 3.63) is 42.0 Å². The van der Waals surface area contributed by atoms with Crippen LogP contribution in [0.4, 0.5) is 24.3 Å². The van der Waals surface area contributed by atoms with Crippen LogP contribution in [0, 0.1) is 0 Å². The first-order valence-corrected chi connectivity index (χ1v) is 11.1. The number of nitrogens with zero attached hydrogens (tertiary/aromatic N) is 3. The number of nitrogens with one attached hydrogen (secondary N) is 2. The minimum absolute atomic E-state index is 0.0459. The molecule has 1 amide bonds. The molecule has 12 heteroatoms. The highest BCUT2D eigenvalue weighted by Crippen LogP contribution is 2.33. The molecule has 2 aromatic heterocycles. The number of rotatable bonds is 8. The van der Waals surface area contributed by atoms with Gasteiger partial charge in [0.2, 0.25) is 11.9 Å². The van der Waals surface area contributed by atoms with Crippen molar-refractivity contribution in [3.63, 3.8) is 0 Å². The van der Waals surface area contributed by atoms with Gasteiger partial charge in [-0.05, 0) is 36.8 Å². The lowest BCUT2D eigenvalue weighted by molar-refractivity contribution is -0.274. The van der Waals surface area contributed by atoms with Gasteiger partial charge in [0.05, 0.1) is 21.3 Å². The van der Waals surface area contributed by atoms with Crippen LogP contribution >= 0.6 is 11.3 Å². The van der Waals surface area contributed by atoms with Crippen LogP contribution < -0.4 is 15.4 Å². The summed E-state index contributed by atoms with van der Waals surface area (Å²) in [5.74, 6) is -0.0238. The maximum absolute atomic E-state index is 12.5. The van der Waals surface area contributed by atoms with Crippen molar-refractivity contribution >= 4 is 55.4 Å². The Morgan fingerprint density at radius 3 is 2.65 bits per heavy atom. The quantitative estimate of drug-likeness (QED) is 0.268. The van der Waals surface area contributed by atoms with E-state index in [-0.39, 0.29) is 17.4 Å². The zero-order valence-corrected chi connectivity index (χ0v) is 19.0. The van der Waals surface area contributed by atoms with Crippen LogP contribution in [-0.2, 0) is 11.8 Å². The Morgan fingerprint density at radius 1 is 1.12 bits per heavy atom. The normalized spacial score (nSPS) is 11.7. The monoisotopic (exact) mass is 491 g/mol. The van der Waals surface area contributed by atoms with Crippen LogP contribution in [0.25, 0.3) is 21.3 Å². The molecule has 4 aromatic rings. The van der Waals surface area contributed by atoms with E-state index in [2.05, 4.69) is 25.3 Å². The molecule has 178 valence electrons. The fourth-order valence-corrected chi connectivity index (χ4v) is 4.28. The Morgan fingerprint density at radius 2 is 1.91 bits per heavy atom. The van der Waals surface area contributed by atoms with Crippen LogP contribution in [0.2, 0.25) is 0 Å². The van der Waals surface area contributed by atoms with Crippen molar-refractivity contribution in [1.82, 2.24) is 19.9 Å². The summed E-state index contributed by atoms with van der Waals surface area (Å²) in [6.07, 6.45) is -3.92. The fourth-order valence-electron chi connectivity index (χ4n) is 3.39. The molecule has 0 aliphatic heterocycles. The number of benzene rings is 2. The van der Waals surface area contributed by atoms with E-state index in [1.54, 1.807) is 29.8 Å².